The predicted octanol–water partition coefficient (Wildman–Crippen LogP) is 2.55. The van der Waals surface area contributed by atoms with Gasteiger partial charge < -0.3 is 5.73 Å². The van der Waals surface area contributed by atoms with Crippen molar-refractivity contribution in [3.63, 3.8) is 0 Å². The first kappa shape index (κ1) is 11.8. The highest BCUT2D eigenvalue weighted by Crippen LogP contribution is 2.12. The molecule has 0 atom stereocenters. The lowest BCUT2D eigenvalue weighted by Gasteiger charge is -1.97. The summed E-state index contributed by atoms with van der Waals surface area (Å²) in [5.41, 5.74) is 15.3. The molecule has 2 N–H and O–H groups in total. The second kappa shape index (κ2) is 6.31. The van der Waals surface area contributed by atoms with Crippen molar-refractivity contribution < 1.29 is 0 Å². The van der Waals surface area contributed by atoms with Crippen LogP contribution in [0, 0.1) is 0 Å². The molecule has 0 spiro atoms. The van der Waals surface area contributed by atoms with Crippen molar-refractivity contribution in [3.05, 3.63) is 40.3 Å². The van der Waals surface area contributed by atoms with E-state index in [-0.39, 0.29) is 12.4 Å². The maximum Gasteiger partial charge on any atom is 0.0375 e. The summed E-state index contributed by atoms with van der Waals surface area (Å²) in [7, 11) is 0. The molecule has 4 nitrogen and oxygen atoms in total. The molecular formula is C8H11ClN4. The van der Waals surface area contributed by atoms with Gasteiger partial charge in [0.05, 0.1) is 0 Å². The molecule has 0 unspecified atom stereocenters. The average molecular weight is 199 g/mol. The van der Waals surface area contributed by atoms with Crippen molar-refractivity contribution in [2.45, 2.75) is 6.42 Å². The Kier molecular flexibility index (Phi) is 5.72. The molecule has 0 saturated heterocycles. The van der Waals surface area contributed by atoms with E-state index in [1.807, 2.05) is 12.1 Å². The Labute approximate surface area is 82.8 Å². The number of rotatable bonds is 3. The van der Waals surface area contributed by atoms with Crippen molar-refractivity contribution in [3.8, 4) is 0 Å². The summed E-state index contributed by atoms with van der Waals surface area (Å²) in [5.74, 6) is 0. The van der Waals surface area contributed by atoms with E-state index in [0.29, 0.717) is 12.2 Å². The summed E-state index contributed by atoms with van der Waals surface area (Å²) < 4.78 is 0. The lowest BCUT2D eigenvalue weighted by Crippen LogP contribution is -2.01. The van der Waals surface area contributed by atoms with Gasteiger partial charge in [-0.1, -0.05) is 29.4 Å². The average Bonchev–Trinajstić information content (AvgIpc) is 2.09. The second-order valence-corrected chi connectivity index (χ2v) is 2.39. The number of azide groups is 1. The third-order valence-electron chi connectivity index (χ3n) is 1.53. The fourth-order valence-electron chi connectivity index (χ4n) is 0.948. The largest absolute Gasteiger partial charge is 0.330 e. The quantitative estimate of drug-likeness (QED) is 0.452. The van der Waals surface area contributed by atoms with Crippen LogP contribution in [0.2, 0.25) is 0 Å². The minimum atomic E-state index is 0. The maximum absolute atomic E-state index is 8.13. The van der Waals surface area contributed by atoms with Crippen molar-refractivity contribution >= 4 is 18.1 Å². The van der Waals surface area contributed by atoms with Crippen LogP contribution in [0.3, 0.4) is 0 Å². The molecule has 0 bridgehead atoms. The molecule has 70 valence electrons. The van der Waals surface area contributed by atoms with Crippen LogP contribution < -0.4 is 5.73 Å². The van der Waals surface area contributed by atoms with Crippen LogP contribution in [0.25, 0.3) is 10.4 Å². The summed E-state index contributed by atoms with van der Waals surface area (Å²) in [6.07, 6.45) is 0.858. The van der Waals surface area contributed by atoms with Gasteiger partial charge in [-0.2, -0.15) is 0 Å². The molecule has 1 rings (SSSR count). The van der Waals surface area contributed by atoms with Gasteiger partial charge in [0.2, 0.25) is 0 Å². The monoisotopic (exact) mass is 198 g/mol. The molecule has 0 fully saturated rings. The number of benzene rings is 1. The van der Waals surface area contributed by atoms with E-state index in [1.165, 1.54) is 0 Å². The number of halogens is 1. The molecule has 13 heavy (non-hydrogen) atoms. The molecule has 0 aromatic heterocycles. The summed E-state index contributed by atoms with van der Waals surface area (Å²) in [6, 6.07) is 7.39. The van der Waals surface area contributed by atoms with Gasteiger partial charge in [0.25, 0.3) is 0 Å². The van der Waals surface area contributed by atoms with E-state index in [0.717, 1.165) is 12.0 Å². The highest BCUT2D eigenvalue weighted by molar-refractivity contribution is 5.85. The fourth-order valence-corrected chi connectivity index (χ4v) is 0.948. The molecule has 0 aliphatic rings. The van der Waals surface area contributed by atoms with Gasteiger partial charge in [0.15, 0.2) is 0 Å². The van der Waals surface area contributed by atoms with Gasteiger partial charge >= 0.3 is 0 Å². The summed E-state index contributed by atoms with van der Waals surface area (Å²) in [5, 5.41) is 3.46. The van der Waals surface area contributed by atoms with Crippen molar-refractivity contribution in [1.29, 1.82) is 0 Å². The molecule has 0 aliphatic carbocycles. The molecule has 0 radical (unpaired) electrons. The number of hydrogen-bond acceptors (Lipinski definition) is 2. The minimum absolute atomic E-state index is 0. The third-order valence-corrected chi connectivity index (χ3v) is 1.53. The predicted molar refractivity (Wildman–Crippen MR) is 55.3 cm³/mol. The standard InChI is InChI=1S/C8H10N4.ClH/c9-6-5-7-1-3-8(4-2-7)11-12-10;/h1-4H,5-6,9H2;1H. The van der Waals surface area contributed by atoms with Crippen molar-refractivity contribution in [2.24, 2.45) is 10.8 Å². The Morgan fingerprint density at radius 3 is 2.38 bits per heavy atom. The molecule has 0 amide bonds. The summed E-state index contributed by atoms with van der Waals surface area (Å²) in [4.78, 5) is 2.68. The summed E-state index contributed by atoms with van der Waals surface area (Å²) in [6.45, 7) is 0.640. The Hall–Kier alpha value is -1.22. The van der Waals surface area contributed by atoms with E-state index in [4.69, 9.17) is 11.3 Å². The summed E-state index contributed by atoms with van der Waals surface area (Å²) >= 11 is 0. The topological polar surface area (TPSA) is 74.8 Å². The molecule has 0 aliphatic heterocycles. The van der Waals surface area contributed by atoms with Crippen molar-refractivity contribution in [1.82, 2.24) is 0 Å². The van der Waals surface area contributed by atoms with E-state index in [1.54, 1.807) is 12.1 Å². The Morgan fingerprint density at radius 2 is 1.92 bits per heavy atom. The first-order valence-corrected chi connectivity index (χ1v) is 3.71. The number of hydrogen-bond donors (Lipinski definition) is 1. The number of nitrogens with zero attached hydrogens (tertiary/aromatic N) is 3. The van der Waals surface area contributed by atoms with Gasteiger partial charge in [0, 0.05) is 10.6 Å². The van der Waals surface area contributed by atoms with Gasteiger partial charge in [-0.05, 0) is 24.1 Å². The van der Waals surface area contributed by atoms with Crippen LogP contribution in [-0.2, 0) is 6.42 Å². The molecular weight excluding hydrogens is 188 g/mol. The highest BCUT2D eigenvalue weighted by Gasteiger charge is 1.90. The SMILES string of the molecule is Cl.[N-]=[N+]=Nc1ccc(CCN)cc1. The van der Waals surface area contributed by atoms with Gasteiger partial charge in [0.1, 0.15) is 0 Å². The zero-order valence-corrected chi connectivity index (χ0v) is 7.87. The fraction of sp³-hybridized carbons (Fsp3) is 0.250. The molecule has 0 heterocycles. The van der Waals surface area contributed by atoms with Crippen LogP contribution in [0.4, 0.5) is 5.69 Å². The smallest absolute Gasteiger partial charge is 0.0375 e. The Balaban J connectivity index is 0.00000144. The van der Waals surface area contributed by atoms with Gasteiger partial charge in [-0.15, -0.1) is 12.4 Å². The van der Waals surface area contributed by atoms with E-state index in [2.05, 4.69) is 10.0 Å². The van der Waals surface area contributed by atoms with E-state index < -0.39 is 0 Å². The van der Waals surface area contributed by atoms with Gasteiger partial charge in [-0.25, -0.2) is 0 Å². The lowest BCUT2D eigenvalue weighted by molar-refractivity contribution is 0.969. The van der Waals surface area contributed by atoms with Crippen LogP contribution in [0.15, 0.2) is 29.4 Å². The Bertz CT molecular complexity index is 290. The van der Waals surface area contributed by atoms with Crippen LogP contribution in [-0.4, -0.2) is 6.54 Å². The molecule has 0 saturated carbocycles. The normalized spacial score (nSPS) is 8.38. The third kappa shape index (κ3) is 3.80. The van der Waals surface area contributed by atoms with Gasteiger partial charge in [-0.3, -0.25) is 0 Å². The molecule has 5 heteroatoms. The first-order valence-electron chi connectivity index (χ1n) is 3.71. The van der Waals surface area contributed by atoms with Crippen LogP contribution >= 0.6 is 12.4 Å². The minimum Gasteiger partial charge on any atom is -0.330 e. The second-order valence-electron chi connectivity index (χ2n) is 2.39. The molecule has 1 aromatic carbocycles. The first-order chi connectivity index (χ1) is 5.86. The van der Waals surface area contributed by atoms with Crippen LogP contribution in [0.1, 0.15) is 5.56 Å². The number of nitrogens with two attached hydrogens (primary N) is 1. The zero-order chi connectivity index (χ0) is 8.81. The van der Waals surface area contributed by atoms with E-state index in [9.17, 15) is 0 Å². The molecule has 1 aromatic rings. The van der Waals surface area contributed by atoms with Crippen LogP contribution in [0.5, 0.6) is 0 Å². The zero-order valence-electron chi connectivity index (χ0n) is 7.05. The Morgan fingerprint density at radius 1 is 1.31 bits per heavy atom. The highest BCUT2D eigenvalue weighted by atomic mass is 35.5. The lowest BCUT2D eigenvalue weighted by atomic mass is 10.1. The maximum atomic E-state index is 8.13. The van der Waals surface area contributed by atoms with Crippen molar-refractivity contribution in [2.75, 3.05) is 6.54 Å². The van der Waals surface area contributed by atoms with E-state index >= 15 is 0 Å².